The molecule has 2 aliphatic heterocycles. The van der Waals surface area contributed by atoms with Gasteiger partial charge in [-0.1, -0.05) is 30.3 Å². The smallest absolute Gasteiger partial charge is 0.242 e. The zero-order chi connectivity index (χ0) is 23.6. The predicted molar refractivity (Wildman–Crippen MR) is 124 cm³/mol. The van der Waals surface area contributed by atoms with Crippen LogP contribution in [0.2, 0.25) is 0 Å². The topological polar surface area (TPSA) is 113 Å². The number of rotatable bonds is 7. The minimum Gasteiger partial charge on any atom is -0.379 e. The number of carbonyl (C=O) groups is 1. The first-order chi connectivity index (χ1) is 15.7. The van der Waals surface area contributed by atoms with Crippen molar-refractivity contribution >= 4 is 31.6 Å². The monoisotopic (exact) mass is 493 g/mol. The molecule has 9 nitrogen and oxygen atoms in total. The number of carbonyl (C=O) groups excluding carboxylic acids is 1. The van der Waals surface area contributed by atoms with E-state index >= 15 is 0 Å². The van der Waals surface area contributed by atoms with Crippen LogP contribution in [0.1, 0.15) is 23.6 Å². The van der Waals surface area contributed by atoms with E-state index in [1.54, 1.807) is 6.92 Å². The molecular weight excluding hydrogens is 466 g/mol. The number of nitrogens with one attached hydrogen (secondary N) is 1. The summed E-state index contributed by atoms with van der Waals surface area (Å²) in [5.41, 5.74) is 1.52. The molecule has 178 valence electrons. The molecule has 4 rings (SSSR count). The van der Waals surface area contributed by atoms with Gasteiger partial charge in [0, 0.05) is 32.1 Å². The molecule has 1 amide bonds. The first-order valence-corrected chi connectivity index (χ1v) is 13.8. The average molecular weight is 494 g/mol. The second kappa shape index (κ2) is 9.51. The molecule has 11 heteroatoms. The van der Waals surface area contributed by atoms with Crippen LogP contribution in [-0.4, -0.2) is 66.2 Å². The standard InChI is InChI=1S/C22H27N3O6S2/c1-17-15-19(25-22(26)9-14-32(25,27)28)7-8-21(17)33(29,30)23-16-20(18-5-3-2-4-6-18)24-10-12-31-13-11-24/h2-8,15,20,23H,9-14,16H2,1H3. The van der Waals surface area contributed by atoms with E-state index in [4.69, 9.17) is 4.74 Å². The van der Waals surface area contributed by atoms with E-state index in [9.17, 15) is 21.6 Å². The minimum atomic E-state index is -3.88. The number of amides is 1. The Kier molecular flexibility index (Phi) is 6.87. The van der Waals surface area contributed by atoms with Gasteiger partial charge in [0.05, 0.1) is 29.5 Å². The normalized spacial score (nSPS) is 20.2. The number of sulfonamides is 2. The van der Waals surface area contributed by atoms with Gasteiger partial charge in [0.25, 0.3) is 0 Å². The summed E-state index contributed by atoms with van der Waals surface area (Å²) in [5.74, 6) is -0.756. The average Bonchev–Trinajstić information content (AvgIpc) is 3.07. The lowest BCUT2D eigenvalue weighted by Crippen LogP contribution is -2.43. The fourth-order valence-electron chi connectivity index (χ4n) is 4.22. The minimum absolute atomic E-state index is 0.0454. The molecule has 2 saturated heterocycles. The maximum Gasteiger partial charge on any atom is 0.242 e. The lowest BCUT2D eigenvalue weighted by atomic mass is 10.1. The van der Waals surface area contributed by atoms with Crippen molar-refractivity contribution in [2.75, 3.05) is 42.9 Å². The SMILES string of the molecule is Cc1cc(N2C(=O)CCS2(=O)=O)ccc1S(=O)(=O)NCC(c1ccccc1)N1CCOCC1. The van der Waals surface area contributed by atoms with Crippen molar-refractivity contribution in [2.45, 2.75) is 24.3 Å². The fraction of sp³-hybridized carbons (Fsp3) is 0.409. The molecule has 0 aromatic heterocycles. The second-order valence-electron chi connectivity index (χ2n) is 8.10. The highest BCUT2D eigenvalue weighted by Gasteiger charge is 2.36. The van der Waals surface area contributed by atoms with E-state index in [2.05, 4.69) is 9.62 Å². The van der Waals surface area contributed by atoms with Crippen LogP contribution in [0.3, 0.4) is 0 Å². The summed E-state index contributed by atoms with van der Waals surface area (Å²) in [7, 11) is -7.59. The van der Waals surface area contributed by atoms with Crippen LogP contribution in [0.4, 0.5) is 5.69 Å². The quantitative estimate of drug-likeness (QED) is 0.621. The fourth-order valence-corrected chi connectivity index (χ4v) is 6.93. The van der Waals surface area contributed by atoms with Gasteiger partial charge in [-0.05, 0) is 36.2 Å². The van der Waals surface area contributed by atoms with Crippen molar-refractivity contribution in [3.8, 4) is 0 Å². The number of morpholine rings is 1. The van der Waals surface area contributed by atoms with Gasteiger partial charge >= 0.3 is 0 Å². The van der Waals surface area contributed by atoms with Crippen LogP contribution in [0.25, 0.3) is 0 Å². The van der Waals surface area contributed by atoms with Gasteiger partial charge in [0.15, 0.2) is 0 Å². The highest BCUT2D eigenvalue weighted by Crippen LogP contribution is 2.29. The molecule has 1 unspecified atom stereocenters. The molecule has 0 aliphatic carbocycles. The summed E-state index contributed by atoms with van der Waals surface area (Å²) in [6, 6.07) is 13.7. The number of nitrogens with zero attached hydrogens (tertiary/aromatic N) is 2. The maximum atomic E-state index is 13.1. The molecule has 2 aliphatic rings. The first-order valence-electron chi connectivity index (χ1n) is 10.7. The van der Waals surface area contributed by atoms with Crippen LogP contribution in [-0.2, 0) is 29.6 Å². The summed E-state index contributed by atoms with van der Waals surface area (Å²) in [6.45, 7) is 4.35. The van der Waals surface area contributed by atoms with Crippen molar-refractivity contribution in [3.05, 3.63) is 59.7 Å². The lowest BCUT2D eigenvalue weighted by Gasteiger charge is -2.35. The Balaban J connectivity index is 1.56. The Labute approximate surface area is 194 Å². The molecule has 33 heavy (non-hydrogen) atoms. The van der Waals surface area contributed by atoms with Crippen molar-refractivity contribution in [2.24, 2.45) is 0 Å². The van der Waals surface area contributed by atoms with E-state index in [1.807, 2.05) is 30.3 Å². The van der Waals surface area contributed by atoms with E-state index in [0.29, 0.717) is 31.9 Å². The maximum absolute atomic E-state index is 13.1. The van der Waals surface area contributed by atoms with E-state index in [-0.39, 0.29) is 35.3 Å². The van der Waals surface area contributed by atoms with Gasteiger partial charge in [0.1, 0.15) is 0 Å². The largest absolute Gasteiger partial charge is 0.379 e. The van der Waals surface area contributed by atoms with Gasteiger partial charge in [-0.2, -0.15) is 0 Å². The zero-order valence-corrected chi connectivity index (χ0v) is 19.9. The zero-order valence-electron chi connectivity index (χ0n) is 18.3. The molecule has 0 radical (unpaired) electrons. The van der Waals surface area contributed by atoms with Gasteiger partial charge < -0.3 is 4.74 Å². The third kappa shape index (κ3) is 5.12. The Bertz CT molecular complexity index is 1230. The molecule has 0 saturated carbocycles. The number of hydrogen-bond acceptors (Lipinski definition) is 7. The number of benzene rings is 2. The van der Waals surface area contributed by atoms with E-state index in [0.717, 1.165) is 9.87 Å². The molecule has 0 bridgehead atoms. The Morgan fingerprint density at radius 2 is 1.79 bits per heavy atom. The van der Waals surface area contributed by atoms with Gasteiger partial charge in [-0.25, -0.2) is 25.9 Å². The third-order valence-corrected chi connectivity index (χ3v) is 9.17. The van der Waals surface area contributed by atoms with Gasteiger partial charge in [-0.15, -0.1) is 0 Å². The predicted octanol–water partition coefficient (Wildman–Crippen LogP) is 1.41. The van der Waals surface area contributed by atoms with Crippen LogP contribution in [0.5, 0.6) is 0 Å². The number of anilines is 1. The number of ether oxygens (including phenoxy) is 1. The summed E-state index contributed by atoms with van der Waals surface area (Å²) in [4.78, 5) is 14.3. The van der Waals surface area contributed by atoms with Gasteiger partial charge in [0.2, 0.25) is 26.0 Å². The van der Waals surface area contributed by atoms with Crippen LogP contribution >= 0.6 is 0 Å². The van der Waals surface area contributed by atoms with E-state index in [1.165, 1.54) is 18.2 Å². The Hall–Kier alpha value is -2.31. The molecule has 2 heterocycles. The van der Waals surface area contributed by atoms with Crippen LogP contribution in [0.15, 0.2) is 53.4 Å². The van der Waals surface area contributed by atoms with Crippen LogP contribution < -0.4 is 9.03 Å². The van der Waals surface area contributed by atoms with Crippen molar-refractivity contribution in [1.82, 2.24) is 9.62 Å². The Morgan fingerprint density at radius 3 is 2.39 bits per heavy atom. The van der Waals surface area contributed by atoms with E-state index < -0.39 is 26.0 Å². The molecule has 0 spiro atoms. The molecule has 2 fully saturated rings. The molecule has 1 N–H and O–H groups in total. The molecular formula is C22H27N3O6S2. The summed E-state index contributed by atoms with van der Waals surface area (Å²) < 4.78 is 59.6. The lowest BCUT2D eigenvalue weighted by molar-refractivity contribution is -0.116. The summed E-state index contributed by atoms with van der Waals surface area (Å²) in [6.07, 6.45) is -0.0780. The third-order valence-electron chi connectivity index (χ3n) is 5.90. The summed E-state index contributed by atoms with van der Waals surface area (Å²) >= 11 is 0. The molecule has 1 atom stereocenters. The van der Waals surface area contributed by atoms with Crippen molar-refractivity contribution < 1.29 is 26.4 Å². The highest BCUT2D eigenvalue weighted by atomic mass is 32.2. The second-order valence-corrected chi connectivity index (χ2v) is 11.8. The number of hydrogen-bond donors (Lipinski definition) is 1. The number of aryl methyl sites for hydroxylation is 1. The van der Waals surface area contributed by atoms with Gasteiger partial charge in [-0.3, -0.25) is 9.69 Å². The van der Waals surface area contributed by atoms with Crippen LogP contribution in [0, 0.1) is 6.92 Å². The molecule has 2 aromatic rings. The Morgan fingerprint density at radius 1 is 1.09 bits per heavy atom. The summed E-state index contributed by atoms with van der Waals surface area (Å²) in [5, 5.41) is 0. The molecule has 2 aromatic carbocycles. The van der Waals surface area contributed by atoms with Crippen molar-refractivity contribution in [1.29, 1.82) is 0 Å². The van der Waals surface area contributed by atoms with Crippen molar-refractivity contribution in [3.63, 3.8) is 0 Å². The highest BCUT2D eigenvalue weighted by molar-refractivity contribution is 7.94. The first kappa shape index (κ1) is 23.8.